The van der Waals surface area contributed by atoms with Crippen molar-refractivity contribution in [2.75, 3.05) is 9.96 Å². The number of hydrogen-bond donors (Lipinski definition) is 0. The second-order valence-corrected chi connectivity index (χ2v) is 12.3. The van der Waals surface area contributed by atoms with Crippen LogP contribution >= 0.6 is 0 Å². The van der Waals surface area contributed by atoms with Gasteiger partial charge in [-0.1, -0.05) is 92.4 Å². The van der Waals surface area contributed by atoms with Gasteiger partial charge >= 0.3 is 0 Å². The van der Waals surface area contributed by atoms with E-state index in [4.69, 9.17) is 4.84 Å². The highest BCUT2D eigenvalue weighted by atomic mass is 16.7. The summed E-state index contributed by atoms with van der Waals surface area (Å²) in [5.41, 5.74) is 14.1. The predicted octanol–water partition coefficient (Wildman–Crippen LogP) is 12.0. The standard InChI is InChI=1S/C43H44N2O.C2H2/c1-8-18-41-31(5)43(32(6)44(41)36-19-12-10-13-20-36)39-28-35(26-25-29(39)3)34(9-2)27-40-30(4)38-23-16-17-24-42(38)45(46-33(40)7)37-21-14-11-15-22-37;1-2/h8,10-28,32,43H,4,9H2,1-3,5-7H3;1-2H/b18-8-,34-27+;. The number of hydrogen-bond acceptors (Lipinski definition) is 3. The molecular weight excluding hydrogens is 585 g/mol. The maximum Gasteiger partial charge on any atom is 0.137 e. The molecule has 0 aliphatic carbocycles. The molecule has 0 bridgehead atoms. The Labute approximate surface area is 287 Å². The molecule has 2 aliphatic rings. The van der Waals surface area contributed by atoms with Gasteiger partial charge in [-0.15, -0.1) is 12.8 Å². The first kappa shape index (κ1) is 33.9. The number of para-hydroxylation sites is 3. The average Bonchev–Trinajstić information content (AvgIpc) is 3.31. The zero-order valence-corrected chi connectivity index (χ0v) is 29.1. The Bertz CT molecular complexity index is 1920. The molecule has 2 heterocycles. The van der Waals surface area contributed by atoms with E-state index in [9.17, 15) is 0 Å². The minimum absolute atomic E-state index is 0.271. The van der Waals surface area contributed by atoms with E-state index in [1.807, 2.05) is 36.3 Å². The third kappa shape index (κ3) is 6.40. The van der Waals surface area contributed by atoms with Crippen molar-refractivity contribution >= 4 is 28.2 Å². The number of aryl methyl sites for hydroxylation is 1. The van der Waals surface area contributed by atoms with Gasteiger partial charge in [-0.3, -0.25) is 0 Å². The van der Waals surface area contributed by atoms with Gasteiger partial charge in [0.25, 0.3) is 0 Å². The summed E-state index contributed by atoms with van der Waals surface area (Å²) >= 11 is 0. The van der Waals surface area contributed by atoms with E-state index in [0.29, 0.717) is 0 Å². The van der Waals surface area contributed by atoms with Crippen molar-refractivity contribution in [3.63, 3.8) is 0 Å². The van der Waals surface area contributed by atoms with Crippen molar-refractivity contribution in [1.82, 2.24) is 0 Å². The Balaban J connectivity index is 0.00000221. The predicted molar refractivity (Wildman–Crippen MR) is 206 cm³/mol. The van der Waals surface area contributed by atoms with Crippen LogP contribution < -0.4 is 9.96 Å². The second-order valence-electron chi connectivity index (χ2n) is 12.3. The Kier molecular flexibility index (Phi) is 10.6. The molecule has 0 N–H and O–H groups in total. The van der Waals surface area contributed by atoms with Crippen LogP contribution in [-0.2, 0) is 4.84 Å². The van der Waals surface area contributed by atoms with Crippen LogP contribution in [0, 0.1) is 19.8 Å². The van der Waals surface area contributed by atoms with E-state index in [2.05, 4.69) is 156 Å². The first-order chi connectivity index (χ1) is 23.3. The fraction of sp³-hybridized carbons (Fsp3) is 0.200. The smallest absolute Gasteiger partial charge is 0.137 e. The van der Waals surface area contributed by atoms with Gasteiger partial charge in [-0.25, -0.2) is 0 Å². The molecule has 2 unspecified atom stereocenters. The lowest BCUT2D eigenvalue weighted by Gasteiger charge is -2.30. The van der Waals surface area contributed by atoms with Crippen molar-refractivity contribution in [3.8, 4) is 12.8 Å². The SMILES string of the molecule is C#C.C=C1C(/C=C(\CC)c2ccc(C)c(C3C(C)=C(/C=C\C)N(c4ccccc4)C3C)c2)=C(C)ON(c2ccccc2)c2ccccc21. The van der Waals surface area contributed by atoms with Gasteiger partial charge in [0.05, 0.1) is 11.4 Å². The summed E-state index contributed by atoms with van der Waals surface area (Å²) in [5, 5.41) is 1.92. The van der Waals surface area contributed by atoms with Crippen molar-refractivity contribution < 1.29 is 4.84 Å². The van der Waals surface area contributed by atoms with Crippen LogP contribution in [-0.4, -0.2) is 6.04 Å². The maximum atomic E-state index is 6.62. The summed E-state index contributed by atoms with van der Waals surface area (Å²) in [7, 11) is 0. The quantitative estimate of drug-likeness (QED) is 0.189. The molecule has 0 saturated carbocycles. The summed E-state index contributed by atoms with van der Waals surface area (Å²) in [5.74, 6) is 1.09. The molecule has 0 fully saturated rings. The summed E-state index contributed by atoms with van der Waals surface area (Å²) in [6.07, 6.45) is 15.6. The summed E-state index contributed by atoms with van der Waals surface area (Å²) < 4.78 is 0. The molecule has 0 saturated heterocycles. The van der Waals surface area contributed by atoms with E-state index >= 15 is 0 Å². The molecule has 0 radical (unpaired) electrons. The molecule has 3 heteroatoms. The van der Waals surface area contributed by atoms with Crippen LogP contribution in [0.2, 0.25) is 0 Å². The molecular formula is C45H46N2O. The molecule has 0 amide bonds. The van der Waals surface area contributed by atoms with Gasteiger partial charge in [-0.05, 0) is 117 Å². The maximum absolute atomic E-state index is 6.62. The first-order valence-electron chi connectivity index (χ1n) is 16.7. The Morgan fingerprint density at radius 1 is 0.854 bits per heavy atom. The van der Waals surface area contributed by atoms with E-state index < -0.39 is 0 Å². The molecule has 4 aromatic rings. The summed E-state index contributed by atoms with van der Waals surface area (Å²) in [6, 6.07) is 36.6. The highest BCUT2D eigenvalue weighted by Crippen LogP contribution is 2.46. The fourth-order valence-electron chi connectivity index (χ4n) is 7.09. The number of nitrogens with zero attached hydrogens (tertiary/aromatic N) is 2. The minimum Gasteiger partial charge on any atom is -0.379 e. The van der Waals surface area contributed by atoms with Crippen LogP contribution in [0.4, 0.5) is 17.1 Å². The zero-order chi connectivity index (χ0) is 34.4. The van der Waals surface area contributed by atoms with Crippen LogP contribution in [0.1, 0.15) is 69.2 Å². The fourth-order valence-corrected chi connectivity index (χ4v) is 7.09. The van der Waals surface area contributed by atoms with Gasteiger partial charge < -0.3 is 9.74 Å². The Morgan fingerprint density at radius 2 is 1.48 bits per heavy atom. The zero-order valence-electron chi connectivity index (χ0n) is 29.1. The largest absolute Gasteiger partial charge is 0.379 e. The van der Waals surface area contributed by atoms with Gasteiger partial charge in [0.1, 0.15) is 5.76 Å². The van der Waals surface area contributed by atoms with Gasteiger partial charge in [0, 0.05) is 34.5 Å². The first-order valence-corrected chi connectivity index (χ1v) is 16.7. The number of rotatable bonds is 7. The normalized spacial score (nSPS) is 18.0. The Hall–Kier alpha value is -5.46. The Morgan fingerprint density at radius 3 is 2.12 bits per heavy atom. The third-order valence-electron chi connectivity index (χ3n) is 9.43. The number of terminal acetylenes is 1. The molecule has 242 valence electrons. The monoisotopic (exact) mass is 630 g/mol. The van der Waals surface area contributed by atoms with Crippen molar-refractivity contribution in [1.29, 1.82) is 0 Å². The van der Waals surface area contributed by atoms with Gasteiger partial charge in [-0.2, -0.15) is 5.06 Å². The minimum atomic E-state index is 0.271. The lowest BCUT2D eigenvalue weighted by molar-refractivity contribution is 0.217. The molecule has 3 nitrogen and oxygen atoms in total. The van der Waals surface area contributed by atoms with Crippen LogP contribution in [0.25, 0.3) is 11.1 Å². The van der Waals surface area contributed by atoms with Crippen LogP contribution in [0.5, 0.6) is 0 Å². The highest BCUT2D eigenvalue weighted by Gasteiger charge is 2.37. The molecule has 2 aliphatic heterocycles. The van der Waals surface area contributed by atoms with E-state index in [-0.39, 0.29) is 12.0 Å². The van der Waals surface area contributed by atoms with Crippen molar-refractivity contribution in [2.24, 2.45) is 0 Å². The third-order valence-corrected chi connectivity index (χ3v) is 9.43. The number of allylic oxidation sites excluding steroid dienone is 7. The topological polar surface area (TPSA) is 15.7 Å². The van der Waals surface area contributed by atoms with Gasteiger partial charge in [0.15, 0.2) is 0 Å². The summed E-state index contributed by atoms with van der Waals surface area (Å²) in [4.78, 5) is 9.12. The molecule has 6 rings (SSSR count). The molecule has 48 heavy (non-hydrogen) atoms. The second kappa shape index (κ2) is 15.0. The van der Waals surface area contributed by atoms with Crippen LogP contribution in [0.3, 0.4) is 0 Å². The average molecular weight is 631 g/mol. The van der Waals surface area contributed by atoms with Crippen molar-refractivity contribution in [3.05, 3.63) is 173 Å². The van der Waals surface area contributed by atoms with Crippen LogP contribution in [0.15, 0.2) is 151 Å². The van der Waals surface area contributed by atoms with E-state index in [1.54, 1.807) is 0 Å². The highest BCUT2D eigenvalue weighted by molar-refractivity contribution is 5.91. The molecule has 0 aromatic heterocycles. The number of fused-ring (bicyclic) bond motifs is 1. The number of anilines is 3. The van der Waals surface area contributed by atoms with Gasteiger partial charge in [0.2, 0.25) is 0 Å². The lowest BCUT2D eigenvalue weighted by atomic mass is 9.83. The molecule has 0 spiro atoms. The van der Waals surface area contributed by atoms with Crippen molar-refractivity contribution in [2.45, 2.75) is 59.9 Å². The lowest BCUT2D eigenvalue weighted by Crippen LogP contribution is -2.30. The summed E-state index contributed by atoms with van der Waals surface area (Å²) in [6.45, 7) is 17.9. The van der Waals surface area contributed by atoms with E-state index in [0.717, 1.165) is 40.3 Å². The molecule has 4 aromatic carbocycles. The number of benzene rings is 4. The molecule has 2 atom stereocenters. The van der Waals surface area contributed by atoms with E-state index in [1.165, 1.54) is 39.2 Å².